The van der Waals surface area contributed by atoms with E-state index in [1.807, 2.05) is 19.1 Å². The number of benzene rings is 2. The molecule has 0 spiro atoms. The van der Waals surface area contributed by atoms with Crippen LogP contribution in [0.3, 0.4) is 0 Å². The largest absolute Gasteiger partial charge is 0.496 e. The zero-order valence-corrected chi connectivity index (χ0v) is 21.6. The maximum absolute atomic E-state index is 12.8. The molecule has 0 bridgehead atoms. The number of rotatable bonds is 6. The van der Waals surface area contributed by atoms with Crippen molar-refractivity contribution in [3.8, 4) is 16.9 Å². The van der Waals surface area contributed by atoms with E-state index in [9.17, 15) is 9.59 Å². The number of nitrogens with zero attached hydrogens (tertiary/aromatic N) is 1. The van der Waals surface area contributed by atoms with E-state index >= 15 is 0 Å². The molecule has 36 heavy (non-hydrogen) atoms. The zero-order chi connectivity index (χ0) is 25.8. The highest BCUT2D eigenvalue weighted by Crippen LogP contribution is 2.38. The third kappa shape index (κ3) is 5.40. The number of piperidine rings is 1. The van der Waals surface area contributed by atoms with Crippen molar-refractivity contribution >= 4 is 28.5 Å². The van der Waals surface area contributed by atoms with Crippen LogP contribution >= 0.6 is 0 Å². The summed E-state index contributed by atoms with van der Waals surface area (Å²) in [5.41, 5.74) is 6.88. The number of carbonyl (C=O) groups is 2. The quantitative estimate of drug-likeness (QED) is 0.438. The molecule has 1 aliphatic heterocycles. The Morgan fingerprint density at radius 3 is 2.56 bits per heavy atom. The number of fused-ring (bicyclic) bond motifs is 1. The molecule has 0 aliphatic carbocycles. The molecule has 3 aromatic rings. The number of allylic oxidation sites excluding steroid dienone is 1. The molecule has 0 atom stereocenters. The summed E-state index contributed by atoms with van der Waals surface area (Å²) >= 11 is 0. The van der Waals surface area contributed by atoms with Gasteiger partial charge in [-0.3, -0.25) is 4.79 Å². The molecule has 0 radical (unpaired) electrons. The number of likely N-dealkylation sites (tertiary alicyclic amines) is 1. The van der Waals surface area contributed by atoms with Gasteiger partial charge >= 0.3 is 6.09 Å². The summed E-state index contributed by atoms with van der Waals surface area (Å²) in [5, 5.41) is 4.05. The molecule has 2 aromatic carbocycles. The lowest BCUT2D eigenvalue weighted by Crippen LogP contribution is -2.46. The Balaban J connectivity index is 1.54. The minimum Gasteiger partial charge on any atom is -0.496 e. The van der Waals surface area contributed by atoms with E-state index in [1.54, 1.807) is 31.3 Å². The predicted octanol–water partition coefficient (Wildman–Crippen LogP) is 5.87. The standard InChI is InChI=1S/C29H34N2O5/c1-6-35-29(33)31-11-9-21(10-12-31)30-28(32)14-20(4)23-15-24-25(17-36-27(24)16-26(23)34-5)22-8-7-18(2)13-19(22)3/h7-8,13-17,21H,6,9-12H2,1-5H3,(H,30,32)/b20-14+. The van der Waals surface area contributed by atoms with Gasteiger partial charge in [-0.05, 0) is 63.3 Å². The van der Waals surface area contributed by atoms with Gasteiger partial charge in [0.1, 0.15) is 11.3 Å². The number of aryl methyl sites for hydroxylation is 2. The highest BCUT2D eigenvalue weighted by molar-refractivity contribution is 6.00. The van der Waals surface area contributed by atoms with Gasteiger partial charge in [0.05, 0.1) is 20.0 Å². The van der Waals surface area contributed by atoms with E-state index in [0.717, 1.165) is 33.2 Å². The van der Waals surface area contributed by atoms with Gasteiger partial charge in [0.15, 0.2) is 0 Å². The summed E-state index contributed by atoms with van der Waals surface area (Å²) in [4.78, 5) is 26.4. The molecule has 2 heterocycles. The smallest absolute Gasteiger partial charge is 0.409 e. The molecule has 190 valence electrons. The minimum absolute atomic E-state index is 0.0154. The molecule has 0 saturated carbocycles. The summed E-state index contributed by atoms with van der Waals surface area (Å²) in [7, 11) is 1.61. The summed E-state index contributed by atoms with van der Waals surface area (Å²) in [5.74, 6) is 0.486. The van der Waals surface area contributed by atoms with Gasteiger partial charge in [0.2, 0.25) is 5.91 Å². The maximum Gasteiger partial charge on any atom is 0.409 e. The molecule has 7 heteroatoms. The fraction of sp³-hybridized carbons (Fsp3) is 0.379. The molecule has 1 N–H and O–H groups in total. The van der Waals surface area contributed by atoms with Crippen LogP contribution < -0.4 is 10.1 Å². The number of ether oxygens (including phenoxy) is 2. The van der Waals surface area contributed by atoms with Gasteiger partial charge in [-0.1, -0.05) is 23.8 Å². The van der Waals surface area contributed by atoms with Crippen molar-refractivity contribution in [1.29, 1.82) is 0 Å². The lowest BCUT2D eigenvalue weighted by Gasteiger charge is -2.31. The topological polar surface area (TPSA) is 81.0 Å². The average molecular weight is 491 g/mol. The number of hydrogen-bond acceptors (Lipinski definition) is 5. The monoisotopic (exact) mass is 490 g/mol. The zero-order valence-electron chi connectivity index (χ0n) is 21.6. The Bertz CT molecular complexity index is 1300. The van der Waals surface area contributed by atoms with E-state index in [2.05, 4.69) is 37.4 Å². The van der Waals surface area contributed by atoms with E-state index in [4.69, 9.17) is 13.9 Å². The van der Waals surface area contributed by atoms with Gasteiger partial charge in [-0.25, -0.2) is 4.79 Å². The number of furan rings is 1. The van der Waals surface area contributed by atoms with Crippen molar-refractivity contribution in [3.63, 3.8) is 0 Å². The van der Waals surface area contributed by atoms with Crippen LogP contribution in [-0.4, -0.2) is 49.7 Å². The highest BCUT2D eigenvalue weighted by Gasteiger charge is 2.24. The molecule has 1 aliphatic rings. The van der Waals surface area contributed by atoms with E-state index in [1.165, 1.54) is 11.1 Å². The first kappa shape index (κ1) is 25.4. The second-order valence-electron chi connectivity index (χ2n) is 9.31. The molecule has 1 saturated heterocycles. The van der Waals surface area contributed by atoms with Crippen LogP contribution in [0.25, 0.3) is 27.7 Å². The first-order valence-corrected chi connectivity index (χ1v) is 12.4. The lowest BCUT2D eigenvalue weighted by atomic mass is 9.96. The molecule has 2 amide bonds. The maximum atomic E-state index is 12.8. The molecular formula is C29H34N2O5. The van der Waals surface area contributed by atoms with Crippen LogP contribution in [0.2, 0.25) is 0 Å². The summed E-state index contributed by atoms with van der Waals surface area (Å²) in [6.07, 6.45) is 4.49. The predicted molar refractivity (Wildman–Crippen MR) is 141 cm³/mol. The summed E-state index contributed by atoms with van der Waals surface area (Å²) < 4.78 is 16.6. The van der Waals surface area contributed by atoms with Gasteiger partial charge in [0, 0.05) is 47.8 Å². The van der Waals surface area contributed by atoms with E-state index in [0.29, 0.717) is 38.3 Å². The van der Waals surface area contributed by atoms with Crippen molar-refractivity contribution in [2.45, 2.75) is 46.6 Å². The SMILES string of the molecule is CCOC(=O)N1CCC(NC(=O)/C=C(\C)c2cc3c(-c4ccc(C)cc4C)coc3cc2OC)CC1. The first-order chi connectivity index (χ1) is 17.3. The average Bonchev–Trinajstić information content (AvgIpc) is 3.26. The highest BCUT2D eigenvalue weighted by atomic mass is 16.6. The van der Waals surface area contributed by atoms with Crippen molar-refractivity contribution < 1.29 is 23.5 Å². The number of nitrogens with one attached hydrogen (secondary N) is 1. The van der Waals surface area contributed by atoms with Crippen molar-refractivity contribution in [2.75, 3.05) is 26.8 Å². The van der Waals surface area contributed by atoms with Crippen LogP contribution in [0, 0.1) is 13.8 Å². The molecule has 4 rings (SSSR count). The van der Waals surface area contributed by atoms with Gasteiger partial charge < -0.3 is 24.1 Å². The Hall–Kier alpha value is -3.74. The number of amides is 2. The molecule has 0 unspecified atom stereocenters. The third-order valence-electron chi connectivity index (χ3n) is 6.71. The Kier molecular flexibility index (Phi) is 7.67. The van der Waals surface area contributed by atoms with Gasteiger partial charge in [-0.2, -0.15) is 0 Å². The van der Waals surface area contributed by atoms with E-state index < -0.39 is 0 Å². The second kappa shape index (κ2) is 10.9. The molecule has 7 nitrogen and oxygen atoms in total. The van der Waals surface area contributed by atoms with Gasteiger partial charge in [-0.15, -0.1) is 0 Å². The fourth-order valence-corrected chi connectivity index (χ4v) is 4.79. The number of methoxy groups -OCH3 is 1. The van der Waals surface area contributed by atoms with Crippen LogP contribution in [0.1, 0.15) is 43.4 Å². The minimum atomic E-state index is -0.292. The second-order valence-corrected chi connectivity index (χ2v) is 9.31. The Labute approximate surface area is 212 Å². The number of carbonyl (C=O) groups excluding carboxylic acids is 2. The Morgan fingerprint density at radius 1 is 1.14 bits per heavy atom. The summed E-state index contributed by atoms with van der Waals surface area (Å²) in [6, 6.07) is 10.3. The Morgan fingerprint density at radius 2 is 1.89 bits per heavy atom. The third-order valence-corrected chi connectivity index (χ3v) is 6.71. The van der Waals surface area contributed by atoms with Crippen LogP contribution in [0.5, 0.6) is 5.75 Å². The molecule has 1 aromatic heterocycles. The van der Waals surface area contributed by atoms with Gasteiger partial charge in [0.25, 0.3) is 0 Å². The summed E-state index contributed by atoms with van der Waals surface area (Å²) in [6.45, 7) is 9.37. The van der Waals surface area contributed by atoms with Crippen molar-refractivity contribution in [2.24, 2.45) is 0 Å². The molecule has 1 fully saturated rings. The van der Waals surface area contributed by atoms with Crippen molar-refractivity contribution in [3.05, 3.63) is 59.4 Å². The van der Waals surface area contributed by atoms with Crippen LogP contribution in [0.15, 0.2) is 47.1 Å². The number of hydrogen-bond donors (Lipinski definition) is 1. The van der Waals surface area contributed by atoms with Crippen LogP contribution in [-0.2, 0) is 9.53 Å². The lowest BCUT2D eigenvalue weighted by molar-refractivity contribution is -0.117. The van der Waals surface area contributed by atoms with Crippen LogP contribution in [0.4, 0.5) is 4.79 Å². The van der Waals surface area contributed by atoms with Crippen molar-refractivity contribution in [1.82, 2.24) is 10.2 Å². The fourth-order valence-electron chi connectivity index (χ4n) is 4.79. The first-order valence-electron chi connectivity index (χ1n) is 12.4. The molecular weight excluding hydrogens is 456 g/mol. The van der Waals surface area contributed by atoms with E-state index in [-0.39, 0.29) is 18.0 Å². The normalized spacial score (nSPS) is 14.7.